The van der Waals surface area contributed by atoms with Gasteiger partial charge in [0.1, 0.15) is 11.3 Å². The molecule has 0 aromatic carbocycles. The predicted octanol–water partition coefficient (Wildman–Crippen LogP) is 4.39. The number of nitrogens with one attached hydrogen (secondary N) is 2. The summed E-state index contributed by atoms with van der Waals surface area (Å²) >= 11 is 0. The average Bonchev–Trinajstić information content (AvgIpc) is 3.05. The number of amides is 1. The maximum atomic E-state index is 12.9. The van der Waals surface area contributed by atoms with Crippen molar-refractivity contribution in [2.75, 3.05) is 12.4 Å². The van der Waals surface area contributed by atoms with Gasteiger partial charge in [0.2, 0.25) is 0 Å². The Balaban J connectivity index is 1.87. The third-order valence-corrected chi connectivity index (χ3v) is 4.56. The van der Waals surface area contributed by atoms with Crippen molar-refractivity contribution >= 4 is 28.6 Å². The Morgan fingerprint density at radius 2 is 1.79 bits per heavy atom. The van der Waals surface area contributed by atoms with Crippen molar-refractivity contribution in [1.82, 2.24) is 9.97 Å². The maximum absolute atomic E-state index is 12.9. The molecule has 0 radical (unpaired) electrons. The Bertz CT molecular complexity index is 1020. The van der Waals surface area contributed by atoms with Crippen molar-refractivity contribution in [3.05, 3.63) is 60.0 Å². The first-order valence-electron chi connectivity index (χ1n) is 9.09. The summed E-state index contributed by atoms with van der Waals surface area (Å²) in [5, 5.41) is 3.61. The molecule has 0 unspecified atom stereocenters. The van der Waals surface area contributed by atoms with Crippen LogP contribution >= 0.6 is 0 Å². The monoisotopic (exact) mass is 379 g/mol. The number of esters is 1. The van der Waals surface area contributed by atoms with Gasteiger partial charge in [0.25, 0.3) is 5.91 Å². The highest BCUT2D eigenvalue weighted by Gasteiger charge is 2.21. The molecule has 6 nitrogen and oxygen atoms in total. The second-order valence-electron chi connectivity index (χ2n) is 8.20. The fourth-order valence-electron chi connectivity index (χ4n) is 2.93. The number of pyridine rings is 1. The lowest BCUT2D eigenvalue weighted by Gasteiger charge is -2.24. The second-order valence-corrected chi connectivity index (χ2v) is 8.20. The Labute approximate surface area is 164 Å². The number of anilines is 1. The SMILES string of the molecule is COC(=O)c1cc2cc(NC(=O)C3=CC(C)(C)C=CC(C)(C)C=C3)cnc2[nH]1. The molecule has 0 fully saturated rings. The highest BCUT2D eigenvalue weighted by molar-refractivity contribution is 6.06. The van der Waals surface area contributed by atoms with Crippen LogP contribution in [0.4, 0.5) is 5.69 Å². The molecule has 6 heteroatoms. The van der Waals surface area contributed by atoms with Crippen LogP contribution < -0.4 is 5.32 Å². The molecule has 1 aliphatic rings. The van der Waals surface area contributed by atoms with E-state index >= 15 is 0 Å². The topological polar surface area (TPSA) is 84.1 Å². The van der Waals surface area contributed by atoms with Gasteiger partial charge in [-0.05, 0) is 12.1 Å². The van der Waals surface area contributed by atoms with Crippen LogP contribution in [-0.4, -0.2) is 29.0 Å². The van der Waals surface area contributed by atoms with Gasteiger partial charge in [0.15, 0.2) is 0 Å². The first kappa shape index (κ1) is 19.6. The van der Waals surface area contributed by atoms with E-state index in [0.717, 1.165) is 0 Å². The molecule has 3 rings (SSSR count). The Hall–Kier alpha value is -3.15. The first-order chi connectivity index (χ1) is 13.1. The zero-order valence-corrected chi connectivity index (χ0v) is 16.8. The summed E-state index contributed by atoms with van der Waals surface area (Å²) < 4.78 is 4.71. The van der Waals surface area contributed by atoms with Gasteiger partial charge in [0, 0.05) is 21.8 Å². The molecule has 2 aromatic rings. The average molecular weight is 379 g/mol. The summed E-state index contributed by atoms with van der Waals surface area (Å²) in [6.07, 6.45) is 11.6. The minimum Gasteiger partial charge on any atom is -0.464 e. The lowest BCUT2D eigenvalue weighted by Crippen LogP contribution is -2.18. The van der Waals surface area contributed by atoms with Gasteiger partial charge < -0.3 is 15.0 Å². The zero-order chi connectivity index (χ0) is 20.5. The minimum atomic E-state index is -0.466. The minimum absolute atomic E-state index is 0.132. The van der Waals surface area contributed by atoms with E-state index in [1.807, 2.05) is 18.2 Å². The molecule has 1 amide bonds. The molecule has 0 saturated carbocycles. The number of methoxy groups -OCH3 is 1. The number of H-pyrrole nitrogens is 1. The van der Waals surface area contributed by atoms with Crippen molar-refractivity contribution in [1.29, 1.82) is 0 Å². The fourth-order valence-corrected chi connectivity index (χ4v) is 2.93. The van der Waals surface area contributed by atoms with E-state index in [0.29, 0.717) is 28.0 Å². The predicted molar refractivity (Wildman–Crippen MR) is 110 cm³/mol. The van der Waals surface area contributed by atoms with Crippen LogP contribution in [0.15, 0.2) is 54.3 Å². The first-order valence-corrected chi connectivity index (χ1v) is 9.09. The number of hydrogen-bond donors (Lipinski definition) is 2. The summed E-state index contributed by atoms with van der Waals surface area (Å²) in [4.78, 5) is 31.7. The number of fused-ring (bicyclic) bond motifs is 1. The second kappa shape index (κ2) is 7.11. The number of allylic oxidation sites excluding steroid dienone is 4. The summed E-state index contributed by atoms with van der Waals surface area (Å²) in [6.45, 7) is 8.32. The highest BCUT2D eigenvalue weighted by Crippen LogP contribution is 2.30. The Morgan fingerprint density at radius 3 is 2.50 bits per heavy atom. The van der Waals surface area contributed by atoms with Crippen molar-refractivity contribution in [3.63, 3.8) is 0 Å². The van der Waals surface area contributed by atoms with E-state index in [-0.39, 0.29) is 16.7 Å². The molecule has 146 valence electrons. The van der Waals surface area contributed by atoms with E-state index in [1.54, 1.807) is 18.3 Å². The molecule has 0 saturated heterocycles. The number of aromatic nitrogens is 2. The van der Waals surface area contributed by atoms with Gasteiger partial charge >= 0.3 is 5.97 Å². The number of nitrogens with zero attached hydrogens (tertiary/aromatic N) is 1. The standard InChI is InChI=1S/C22H25N3O3/c1-21(2)7-6-14(12-22(3,4)9-8-21)19(26)24-16-10-15-11-17(20(27)28-5)25-18(15)23-13-16/h6-13H,1-5H3,(H,23,25)(H,24,26). The Kier molecular flexibility index (Phi) is 4.98. The van der Waals surface area contributed by atoms with E-state index in [4.69, 9.17) is 4.74 Å². The van der Waals surface area contributed by atoms with Crippen LogP contribution in [-0.2, 0) is 9.53 Å². The molecule has 2 aromatic heterocycles. The summed E-state index contributed by atoms with van der Waals surface area (Å²) in [5.74, 6) is -0.674. The number of rotatable bonds is 3. The summed E-state index contributed by atoms with van der Waals surface area (Å²) in [7, 11) is 1.32. The molecular weight excluding hydrogens is 354 g/mol. The van der Waals surface area contributed by atoms with Crippen LogP contribution in [0.3, 0.4) is 0 Å². The van der Waals surface area contributed by atoms with E-state index in [9.17, 15) is 9.59 Å². The van der Waals surface area contributed by atoms with Crippen molar-refractivity contribution in [2.24, 2.45) is 10.8 Å². The van der Waals surface area contributed by atoms with Crippen LogP contribution in [0, 0.1) is 10.8 Å². The number of ether oxygens (including phenoxy) is 1. The van der Waals surface area contributed by atoms with Gasteiger partial charge in [-0.25, -0.2) is 9.78 Å². The Morgan fingerprint density at radius 1 is 1.07 bits per heavy atom. The molecule has 1 aliphatic carbocycles. The maximum Gasteiger partial charge on any atom is 0.354 e. The molecule has 0 aliphatic heterocycles. The number of aromatic amines is 1. The molecular formula is C22H25N3O3. The van der Waals surface area contributed by atoms with E-state index < -0.39 is 5.97 Å². The molecule has 0 bridgehead atoms. The largest absolute Gasteiger partial charge is 0.464 e. The van der Waals surface area contributed by atoms with Gasteiger partial charge in [-0.15, -0.1) is 0 Å². The zero-order valence-electron chi connectivity index (χ0n) is 16.8. The highest BCUT2D eigenvalue weighted by atomic mass is 16.5. The molecule has 0 atom stereocenters. The third kappa shape index (κ3) is 4.39. The van der Waals surface area contributed by atoms with Crippen molar-refractivity contribution in [3.8, 4) is 0 Å². The van der Waals surface area contributed by atoms with E-state index in [1.165, 1.54) is 7.11 Å². The van der Waals surface area contributed by atoms with Crippen molar-refractivity contribution < 1.29 is 14.3 Å². The van der Waals surface area contributed by atoms with E-state index in [2.05, 4.69) is 55.1 Å². The van der Waals surface area contributed by atoms with Gasteiger partial charge in [-0.3, -0.25) is 4.79 Å². The third-order valence-electron chi connectivity index (χ3n) is 4.56. The van der Waals surface area contributed by atoms with Gasteiger partial charge in [0.05, 0.1) is 19.0 Å². The normalized spacial score (nSPS) is 17.5. The fraction of sp³-hybridized carbons (Fsp3) is 0.318. The number of hydrogen-bond acceptors (Lipinski definition) is 4. The molecule has 28 heavy (non-hydrogen) atoms. The van der Waals surface area contributed by atoms with Gasteiger partial charge in [-0.1, -0.05) is 58.1 Å². The molecule has 2 N–H and O–H groups in total. The summed E-state index contributed by atoms with van der Waals surface area (Å²) in [5.41, 5.74) is 1.63. The molecule has 2 heterocycles. The molecule has 0 spiro atoms. The van der Waals surface area contributed by atoms with Crippen LogP contribution in [0.25, 0.3) is 11.0 Å². The quantitative estimate of drug-likeness (QED) is 0.612. The van der Waals surface area contributed by atoms with Gasteiger partial charge in [-0.2, -0.15) is 0 Å². The number of carbonyl (C=O) groups is 2. The summed E-state index contributed by atoms with van der Waals surface area (Å²) in [6, 6.07) is 3.42. The lowest BCUT2D eigenvalue weighted by molar-refractivity contribution is -0.112. The van der Waals surface area contributed by atoms with Crippen molar-refractivity contribution in [2.45, 2.75) is 27.7 Å². The van der Waals surface area contributed by atoms with Crippen LogP contribution in [0.1, 0.15) is 38.2 Å². The smallest absolute Gasteiger partial charge is 0.354 e. The lowest BCUT2D eigenvalue weighted by atomic mass is 9.82. The number of carbonyl (C=O) groups excluding carboxylic acids is 2. The van der Waals surface area contributed by atoms with Crippen LogP contribution in [0.2, 0.25) is 0 Å². The van der Waals surface area contributed by atoms with Crippen LogP contribution in [0.5, 0.6) is 0 Å².